The van der Waals surface area contributed by atoms with Crippen LogP contribution in [0.25, 0.3) is 0 Å². The van der Waals surface area contributed by atoms with Crippen molar-refractivity contribution in [3.05, 3.63) is 65.7 Å². The number of imide groups is 1. The molecule has 6 heteroatoms. The first-order chi connectivity index (χ1) is 12.2. The highest BCUT2D eigenvalue weighted by Gasteiger charge is 2.21. The summed E-state index contributed by atoms with van der Waals surface area (Å²) in [6, 6.07) is 15.9. The maximum Gasteiger partial charge on any atom is 0.321 e. The number of amides is 3. The van der Waals surface area contributed by atoms with E-state index in [1.165, 1.54) is 7.05 Å². The zero-order valence-corrected chi connectivity index (χ0v) is 14.4. The molecule has 2 aromatic rings. The number of carbonyl (C=O) groups excluding carboxylic acids is 2. The van der Waals surface area contributed by atoms with E-state index in [4.69, 9.17) is 4.74 Å². The Kier molecular flexibility index (Phi) is 6.98. The maximum atomic E-state index is 12.4. The van der Waals surface area contributed by atoms with Crippen LogP contribution in [0.4, 0.5) is 4.79 Å². The first-order valence-corrected chi connectivity index (χ1v) is 8.08. The van der Waals surface area contributed by atoms with Gasteiger partial charge in [-0.15, -0.1) is 0 Å². The van der Waals surface area contributed by atoms with Crippen molar-refractivity contribution in [2.24, 2.45) is 0 Å². The van der Waals surface area contributed by atoms with Gasteiger partial charge in [-0.25, -0.2) is 4.79 Å². The van der Waals surface area contributed by atoms with Gasteiger partial charge >= 0.3 is 6.03 Å². The summed E-state index contributed by atoms with van der Waals surface area (Å²) in [5, 5.41) is 7.92. The fraction of sp³-hybridized carbons (Fsp3) is 0.263. The summed E-state index contributed by atoms with van der Waals surface area (Å²) in [7, 11) is 3.10. The molecule has 132 valence electrons. The molecule has 0 saturated carbocycles. The Balaban J connectivity index is 2.06. The van der Waals surface area contributed by atoms with Gasteiger partial charge in [-0.05, 0) is 23.6 Å². The van der Waals surface area contributed by atoms with Crippen LogP contribution in [0.3, 0.4) is 0 Å². The van der Waals surface area contributed by atoms with Crippen molar-refractivity contribution in [2.75, 3.05) is 20.7 Å². The van der Waals surface area contributed by atoms with Crippen LogP contribution < -0.4 is 20.7 Å². The minimum absolute atomic E-state index is 0.398. The van der Waals surface area contributed by atoms with Gasteiger partial charge in [0.1, 0.15) is 11.8 Å². The Labute approximate surface area is 147 Å². The van der Waals surface area contributed by atoms with Crippen molar-refractivity contribution in [1.82, 2.24) is 16.0 Å². The van der Waals surface area contributed by atoms with Crippen LogP contribution in [0.1, 0.15) is 17.2 Å². The topological polar surface area (TPSA) is 79.5 Å². The SMILES string of the molecule is CNC(=O)NC(=O)[C@@H](NCCc1ccccc1OC)c1ccccc1. The van der Waals surface area contributed by atoms with Crippen LogP contribution in [0, 0.1) is 0 Å². The lowest BCUT2D eigenvalue weighted by Crippen LogP contribution is -2.44. The van der Waals surface area contributed by atoms with Crippen LogP contribution in [0.15, 0.2) is 54.6 Å². The number of rotatable bonds is 7. The Hall–Kier alpha value is -2.86. The molecule has 25 heavy (non-hydrogen) atoms. The lowest BCUT2D eigenvalue weighted by Gasteiger charge is -2.18. The van der Waals surface area contributed by atoms with Crippen LogP contribution in [0.2, 0.25) is 0 Å². The van der Waals surface area contributed by atoms with Crippen LogP contribution in [-0.4, -0.2) is 32.6 Å². The Morgan fingerprint density at radius 1 is 1.04 bits per heavy atom. The summed E-state index contributed by atoms with van der Waals surface area (Å²) in [4.78, 5) is 23.9. The van der Waals surface area contributed by atoms with Crippen molar-refractivity contribution < 1.29 is 14.3 Å². The Bertz CT molecular complexity index is 704. The van der Waals surface area contributed by atoms with Crippen molar-refractivity contribution in [2.45, 2.75) is 12.5 Å². The largest absolute Gasteiger partial charge is 0.496 e. The third-order valence-electron chi connectivity index (χ3n) is 3.79. The fourth-order valence-electron chi connectivity index (χ4n) is 2.51. The molecule has 3 amide bonds. The van der Waals surface area contributed by atoms with Crippen LogP contribution in [-0.2, 0) is 11.2 Å². The third kappa shape index (κ3) is 5.32. The number of hydrogen-bond donors (Lipinski definition) is 3. The molecule has 2 aromatic carbocycles. The third-order valence-corrected chi connectivity index (χ3v) is 3.79. The van der Waals surface area contributed by atoms with E-state index in [1.807, 2.05) is 54.6 Å². The van der Waals surface area contributed by atoms with E-state index in [-0.39, 0.29) is 0 Å². The molecule has 0 radical (unpaired) electrons. The Morgan fingerprint density at radius 2 is 1.72 bits per heavy atom. The number of methoxy groups -OCH3 is 1. The first kappa shape index (κ1) is 18.5. The minimum Gasteiger partial charge on any atom is -0.496 e. The first-order valence-electron chi connectivity index (χ1n) is 8.08. The van der Waals surface area contributed by atoms with E-state index in [0.29, 0.717) is 13.0 Å². The number of benzene rings is 2. The number of nitrogens with one attached hydrogen (secondary N) is 3. The maximum absolute atomic E-state index is 12.4. The molecule has 0 aromatic heterocycles. The molecular formula is C19H23N3O3. The quantitative estimate of drug-likeness (QED) is 0.720. The molecule has 6 nitrogen and oxygen atoms in total. The predicted octanol–water partition coefficient (Wildman–Crippen LogP) is 2.02. The Morgan fingerprint density at radius 3 is 2.40 bits per heavy atom. The lowest BCUT2D eigenvalue weighted by molar-refractivity contribution is -0.122. The summed E-state index contributed by atoms with van der Waals surface area (Å²) in [5.41, 5.74) is 1.85. The molecule has 0 saturated heterocycles. The van der Waals surface area contributed by atoms with E-state index in [9.17, 15) is 9.59 Å². The highest BCUT2D eigenvalue weighted by atomic mass is 16.5. The smallest absolute Gasteiger partial charge is 0.321 e. The van der Waals surface area contributed by atoms with Crippen molar-refractivity contribution in [1.29, 1.82) is 0 Å². The normalized spacial score (nSPS) is 11.4. The second-order valence-electron chi connectivity index (χ2n) is 5.43. The number of carbonyl (C=O) groups is 2. The summed E-state index contributed by atoms with van der Waals surface area (Å²) in [6.45, 7) is 0.557. The predicted molar refractivity (Wildman–Crippen MR) is 96.5 cm³/mol. The molecule has 0 unspecified atom stereocenters. The standard InChI is InChI=1S/C19H23N3O3/c1-20-19(24)22-18(23)17(15-9-4-3-5-10-15)21-13-12-14-8-6-7-11-16(14)25-2/h3-11,17,21H,12-13H2,1-2H3,(H2,20,22,23,24)/t17-/m0/s1. The van der Waals surface area contributed by atoms with E-state index >= 15 is 0 Å². The second-order valence-corrected chi connectivity index (χ2v) is 5.43. The molecule has 0 spiro atoms. The van der Waals surface area contributed by atoms with Gasteiger partial charge in [-0.3, -0.25) is 10.1 Å². The highest BCUT2D eigenvalue weighted by Crippen LogP contribution is 2.18. The zero-order valence-electron chi connectivity index (χ0n) is 14.4. The minimum atomic E-state index is -0.617. The van der Waals surface area contributed by atoms with Crippen molar-refractivity contribution >= 4 is 11.9 Å². The average Bonchev–Trinajstić information content (AvgIpc) is 2.66. The van der Waals surface area contributed by atoms with Crippen LogP contribution in [0.5, 0.6) is 5.75 Å². The van der Waals surface area contributed by atoms with Gasteiger partial charge in [0.05, 0.1) is 7.11 Å². The monoisotopic (exact) mass is 341 g/mol. The average molecular weight is 341 g/mol. The second kappa shape index (κ2) is 9.44. The van der Waals surface area contributed by atoms with E-state index in [0.717, 1.165) is 16.9 Å². The molecule has 1 atom stereocenters. The van der Waals surface area contributed by atoms with Gasteiger partial charge in [0, 0.05) is 13.6 Å². The molecule has 0 fully saturated rings. The van der Waals surface area contributed by atoms with Gasteiger partial charge in [0.2, 0.25) is 5.91 Å². The van der Waals surface area contributed by atoms with Gasteiger partial charge in [0.25, 0.3) is 0 Å². The lowest BCUT2D eigenvalue weighted by atomic mass is 10.1. The van der Waals surface area contributed by atoms with Gasteiger partial charge in [-0.1, -0.05) is 48.5 Å². The summed E-state index contributed by atoms with van der Waals surface area (Å²) < 4.78 is 5.34. The summed E-state index contributed by atoms with van der Waals surface area (Å²) in [5.74, 6) is 0.418. The number of ether oxygens (including phenoxy) is 1. The fourth-order valence-corrected chi connectivity index (χ4v) is 2.51. The van der Waals surface area contributed by atoms with Crippen LogP contribution >= 0.6 is 0 Å². The molecule has 0 aliphatic rings. The molecule has 0 aliphatic carbocycles. The van der Waals surface area contributed by atoms with E-state index in [2.05, 4.69) is 16.0 Å². The molecule has 0 bridgehead atoms. The molecule has 3 N–H and O–H groups in total. The van der Waals surface area contributed by atoms with E-state index in [1.54, 1.807) is 7.11 Å². The van der Waals surface area contributed by atoms with Gasteiger partial charge in [0.15, 0.2) is 0 Å². The summed E-state index contributed by atoms with van der Waals surface area (Å²) in [6.07, 6.45) is 0.695. The zero-order chi connectivity index (χ0) is 18.1. The van der Waals surface area contributed by atoms with Crippen molar-refractivity contribution in [3.8, 4) is 5.75 Å². The molecule has 0 aliphatic heterocycles. The van der Waals surface area contributed by atoms with Gasteiger partial charge in [-0.2, -0.15) is 0 Å². The molecule has 0 heterocycles. The summed E-state index contributed by atoms with van der Waals surface area (Å²) >= 11 is 0. The number of para-hydroxylation sites is 1. The molecule has 2 rings (SSSR count). The molecular weight excluding hydrogens is 318 g/mol. The number of hydrogen-bond acceptors (Lipinski definition) is 4. The highest BCUT2D eigenvalue weighted by molar-refractivity contribution is 5.97. The number of urea groups is 1. The van der Waals surface area contributed by atoms with E-state index < -0.39 is 18.0 Å². The van der Waals surface area contributed by atoms with Crippen molar-refractivity contribution in [3.63, 3.8) is 0 Å². The van der Waals surface area contributed by atoms with Gasteiger partial charge < -0.3 is 15.4 Å².